The Hall–Kier alpha value is -3.54. The minimum absolute atomic E-state index is 0.0449. The summed E-state index contributed by atoms with van der Waals surface area (Å²) in [6, 6.07) is 25.6. The van der Waals surface area contributed by atoms with E-state index in [4.69, 9.17) is 0 Å². The smallest absolute Gasteiger partial charge is 0.258 e. The average Bonchev–Trinajstić information content (AvgIpc) is 2.64. The fourth-order valence-electron chi connectivity index (χ4n) is 2.17. The third kappa shape index (κ3) is 3.61. The highest BCUT2D eigenvalue weighted by Gasteiger charge is 2.11. The molecular weight excluding hydrogens is 304 g/mol. The molecule has 0 saturated carbocycles. The molecule has 0 amide bonds. The van der Waals surface area contributed by atoms with Crippen LogP contribution in [0.3, 0.4) is 0 Å². The molecule has 3 aromatic carbocycles. The van der Waals surface area contributed by atoms with Crippen LogP contribution in [0.2, 0.25) is 0 Å². The summed E-state index contributed by atoms with van der Waals surface area (Å²) in [4.78, 5) is 10.3. The molecule has 6 heteroatoms. The summed E-state index contributed by atoms with van der Waals surface area (Å²) < 4.78 is 1.77. The van der Waals surface area contributed by atoms with Crippen LogP contribution in [0.5, 0.6) is 0 Å². The zero-order chi connectivity index (χ0) is 16.8. The predicted octanol–water partition coefficient (Wildman–Crippen LogP) is 4.91. The Bertz CT molecular complexity index is 806. The summed E-state index contributed by atoms with van der Waals surface area (Å²) in [7, 11) is 0. The van der Waals surface area contributed by atoms with Crippen LogP contribution in [0, 0.1) is 10.1 Å². The first-order chi connectivity index (χ1) is 11.7. The third-order valence-electron chi connectivity index (χ3n) is 3.36. The van der Waals surface area contributed by atoms with E-state index in [1.54, 1.807) is 16.8 Å². The van der Waals surface area contributed by atoms with Gasteiger partial charge in [-0.15, -0.1) is 5.43 Å². The van der Waals surface area contributed by atoms with Crippen molar-refractivity contribution in [2.24, 2.45) is 5.22 Å². The highest BCUT2D eigenvalue weighted by Crippen LogP contribution is 2.21. The minimum Gasteiger partial charge on any atom is -0.258 e. The zero-order valence-corrected chi connectivity index (χ0v) is 12.7. The number of rotatable bonds is 5. The van der Waals surface area contributed by atoms with Gasteiger partial charge in [-0.1, -0.05) is 41.1 Å². The van der Waals surface area contributed by atoms with Gasteiger partial charge < -0.3 is 0 Å². The second-order valence-electron chi connectivity index (χ2n) is 5.00. The van der Waals surface area contributed by atoms with Crippen molar-refractivity contribution < 1.29 is 4.92 Å². The molecular formula is C18H15N4O2+. The van der Waals surface area contributed by atoms with Gasteiger partial charge in [0.2, 0.25) is 0 Å². The van der Waals surface area contributed by atoms with Crippen LogP contribution in [-0.4, -0.2) is 4.92 Å². The number of para-hydroxylation sites is 2. The average molecular weight is 319 g/mol. The molecule has 0 radical (unpaired) electrons. The molecule has 0 fully saturated rings. The molecule has 0 heterocycles. The maximum absolute atomic E-state index is 10.7. The Labute approximate surface area is 138 Å². The molecule has 24 heavy (non-hydrogen) atoms. The molecule has 0 aliphatic heterocycles. The van der Waals surface area contributed by atoms with Gasteiger partial charge in [0.25, 0.3) is 5.69 Å². The molecule has 1 N–H and O–H groups in total. The SMILES string of the molecule is O=[N+]([O-])c1ccc(NN=[N+](c2ccccc2)c2ccccc2)cc1. The number of hydrogen-bond acceptors (Lipinski definition) is 3. The zero-order valence-electron chi connectivity index (χ0n) is 12.7. The van der Waals surface area contributed by atoms with Crippen molar-refractivity contribution in [3.63, 3.8) is 0 Å². The number of benzene rings is 3. The molecule has 118 valence electrons. The van der Waals surface area contributed by atoms with E-state index in [-0.39, 0.29) is 5.69 Å². The molecule has 0 saturated heterocycles. The summed E-state index contributed by atoms with van der Waals surface area (Å²) in [6.45, 7) is 0. The van der Waals surface area contributed by atoms with Gasteiger partial charge in [-0.3, -0.25) is 10.1 Å². The first-order valence-corrected chi connectivity index (χ1v) is 7.35. The van der Waals surface area contributed by atoms with Gasteiger partial charge in [0.1, 0.15) is 5.69 Å². The normalized spacial score (nSPS) is 10.0. The van der Waals surface area contributed by atoms with E-state index in [0.29, 0.717) is 5.69 Å². The molecule has 0 unspecified atom stereocenters. The fraction of sp³-hybridized carbons (Fsp3) is 0. The molecule has 3 rings (SSSR count). The van der Waals surface area contributed by atoms with Gasteiger partial charge in [-0.05, 0) is 36.4 Å². The van der Waals surface area contributed by atoms with Crippen LogP contribution in [-0.2, 0) is 0 Å². The fourth-order valence-corrected chi connectivity index (χ4v) is 2.17. The van der Waals surface area contributed by atoms with Crippen molar-refractivity contribution in [2.45, 2.75) is 0 Å². The highest BCUT2D eigenvalue weighted by atomic mass is 16.6. The summed E-state index contributed by atoms with van der Waals surface area (Å²) >= 11 is 0. The number of nitrogens with zero attached hydrogens (tertiary/aromatic N) is 3. The molecule has 0 aliphatic carbocycles. The van der Waals surface area contributed by atoms with E-state index >= 15 is 0 Å². The van der Waals surface area contributed by atoms with Crippen LogP contribution in [0.1, 0.15) is 0 Å². The number of anilines is 1. The van der Waals surface area contributed by atoms with Crippen molar-refractivity contribution >= 4 is 22.7 Å². The summed E-state index contributed by atoms with van der Waals surface area (Å²) in [6.07, 6.45) is 0. The number of nitro groups is 1. The van der Waals surface area contributed by atoms with Crippen molar-refractivity contribution in [2.75, 3.05) is 5.43 Å². The third-order valence-corrected chi connectivity index (χ3v) is 3.36. The summed E-state index contributed by atoms with van der Waals surface area (Å²) in [5.74, 6) is 0. The molecule has 3 aromatic rings. The summed E-state index contributed by atoms with van der Waals surface area (Å²) in [5.41, 5.74) is 5.45. The van der Waals surface area contributed by atoms with E-state index in [0.717, 1.165) is 11.4 Å². The van der Waals surface area contributed by atoms with Gasteiger partial charge in [0.05, 0.1) is 10.1 Å². The van der Waals surface area contributed by atoms with Crippen molar-refractivity contribution in [3.05, 3.63) is 95.0 Å². The highest BCUT2D eigenvalue weighted by molar-refractivity contribution is 5.51. The first-order valence-electron chi connectivity index (χ1n) is 7.35. The lowest BCUT2D eigenvalue weighted by molar-refractivity contribution is -0.384. The maximum Gasteiger partial charge on any atom is 0.269 e. The Morgan fingerprint density at radius 3 is 1.67 bits per heavy atom. The minimum atomic E-state index is -0.429. The summed E-state index contributed by atoms with van der Waals surface area (Å²) in [5, 5.41) is 15.1. The van der Waals surface area contributed by atoms with Crippen molar-refractivity contribution in [1.29, 1.82) is 0 Å². The second-order valence-corrected chi connectivity index (χ2v) is 5.00. The van der Waals surface area contributed by atoms with Gasteiger partial charge in [0.15, 0.2) is 11.4 Å². The molecule has 6 nitrogen and oxygen atoms in total. The predicted molar refractivity (Wildman–Crippen MR) is 93.5 cm³/mol. The van der Waals surface area contributed by atoms with E-state index in [1.165, 1.54) is 12.1 Å². The molecule has 0 atom stereocenters. The standard InChI is InChI=1S/C18H14N4O2/c23-22(24)18-13-11-15(12-14-18)19-20-21(16-7-3-1-4-8-16)17-9-5-2-6-10-17/h1-14H/p+1. The Morgan fingerprint density at radius 1 is 0.708 bits per heavy atom. The van der Waals surface area contributed by atoms with Gasteiger partial charge in [-0.2, -0.15) is 0 Å². The van der Waals surface area contributed by atoms with Gasteiger partial charge in [-0.25, -0.2) is 0 Å². The monoisotopic (exact) mass is 319 g/mol. The van der Waals surface area contributed by atoms with Crippen molar-refractivity contribution in [1.82, 2.24) is 4.70 Å². The van der Waals surface area contributed by atoms with Crippen LogP contribution >= 0.6 is 0 Å². The van der Waals surface area contributed by atoms with Crippen LogP contribution in [0.25, 0.3) is 0 Å². The Kier molecular flexibility index (Phi) is 4.57. The van der Waals surface area contributed by atoms with Crippen LogP contribution in [0.4, 0.5) is 22.7 Å². The van der Waals surface area contributed by atoms with E-state index in [2.05, 4.69) is 10.6 Å². The van der Waals surface area contributed by atoms with E-state index < -0.39 is 4.92 Å². The topological polar surface area (TPSA) is 70.5 Å². The Balaban J connectivity index is 1.91. The van der Waals surface area contributed by atoms with Crippen LogP contribution in [0.15, 0.2) is 90.2 Å². The molecule has 0 aliphatic rings. The lowest BCUT2D eigenvalue weighted by Gasteiger charge is -2.03. The Morgan fingerprint density at radius 2 is 1.21 bits per heavy atom. The molecule has 0 aromatic heterocycles. The molecule has 0 spiro atoms. The lowest BCUT2D eigenvalue weighted by atomic mass is 10.2. The quantitative estimate of drug-likeness (QED) is 0.314. The lowest BCUT2D eigenvalue weighted by Crippen LogP contribution is -2.04. The second kappa shape index (κ2) is 7.15. The largest absolute Gasteiger partial charge is 0.269 e. The molecule has 0 bridgehead atoms. The van der Waals surface area contributed by atoms with E-state index in [1.807, 2.05) is 60.7 Å². The maximum atomic E-state index is 10.7. The van der Waals surface area contributed by atoms with E-state index in [9.17, 15) is 10.1 Å². The number of non-ortho nitro benzene ring substituents is 1. The van der Waals surface area contributed by atoms with Crippen molar-refractivity contribution in [3.8, 4) is 0 Å². The van der Waals surface area contributed by atoms with Gasteiger partial charge >= 0.3 is 0 Å². The number of nitro benzene ring substituents is 1. The number of hydrogen-bond donors (Lipinski definition) is 1. The van der Waals surface area contributed by atoms with Crippen LogP contribution < -0.4 is 10.1 Å². The first kappa shape index (κ1) is 15.4. The van der Waals surface area contributed by atoms with Gasteiger partial charge in [0, 0.05) is 12.1 Å². The number of nitrogens with one attached hydrogen (secondary N) is 1.